The van der Waals surface area contributed by atoms with Crippen molar-refractivity contribution in [2.45, 2.75) is 25.5 Å². The maximum atomic E-state index is 11.4. The van der Waals surface area contributed by atoms with Gasteiger partial charge in [-0.3, -0.25) is 4.99 Å². The van der Waals surface area contributed by atoms with Crippen molar-refractivity contribution in [1.82, 2.24) is 5.43 Å². The van der Waals surface area contributed by atoms with Crippen LogP contribution >= 0.6 is 0 Å². The van der Waals surface area contributed by atoms with Crippen LogP contribution < -0.4 is 11.3 Å². The third-order valence-electron chi connectivity index (χ3n) is 1.95. The molecule has 0 fully saturated rings. The summed E-state index contributed by atoms with van der Waals surface area (Å²) in [5.41, 5.74) is 2.32. The van der Waals surface area contributed by atoms with E-state index in [1.807, 2.05) is 6.92 Å². The van der Waals surface area contributed by atoms with Crippen LogP contribution in [0, 0.1) is 0 Å². The number of amidine groups is 1. The number of aliphatic imine (C=N–C) groups is 1. The Morgan fingerprint density at radius 3 is 2.23 bits per heavy atom. The average molecular weight is 207 g/mol. The summed E-state index contributed by atoms with van der Waals surface area (Å²) in [6.45, 7) is 5.45. The van der Waals surface area contributed by atoms with E-state index in [0.29, 0.717) is 6.54 Å². The van der Waals surface area contributed by atoms with Crippen LogP contribution in [0.1, 0.15) is 20.8 Å². The van der Waals surface area contributed by atoms with Crippen molar-refractivity contribution < 1.29 is 8.42 Å². The summed E-state index contributed by atoms with van der Waals surface area (Å²) in [4.78, 5) is 3.98. The molecule has 0 radical (unpaired) electrons. The Kier molecular flexibility index (Phi) is 3.87. The highest BCUT2D eigenvalue weighted by molar-refractivity contribution is 7.92. The van der Waals surface area contributed by atoms with Crippen molar-refractivity contribution in [1.29, 1.82) is 0 Å². The third kappa shape index (κ3) is 2.67. The minimum Gasteiger partial charge on any atom is -0.311 e. The molecule has 0 unspecified atom stereocenters. The summed E-state index contributed by atoms with van der Waals surface area (Å²) in [6.07, 6.45) is 1.16. The molecule has 0 aliphatic carbocycles. The highest BCUT2D eigenvalue weighted by Gasteiger charge is 2.35. The molecule has 0 heterocycles. The number of sulfone groups is 1. The van der Waals surface area contributed by atoms with Crippen molar-refractivity contribution in [3.63, 3.8) is 0 Å². The molecular formula is C7H17N3O2S. The van der Waals surface area contributed by atoms with E-state index in [1.54, 1.807) is 13.8 Å². The number of nitrogens with zero attached hydrogens (tertiary/aromatic N) is 1. The van der Waals surface area contributed by atoms with Gasteiger partial charge < -0.3 is 5.43 Å². The molecular weight excluding hydrogens is 190 g/mol. The second kappa shape index (κ2) is 4.06. The van der Waals surface area contributed by atoms with Crippen molar-refractivity contribution >= 4 is 15.7 Å². The van der Waals surface area contributed by atoms with E-state index in [9.17, 15) is 8.42 Å². The third-order valence-corrected chi connectivity index (χ3v) is 4.00. The lowest BCUT2D eigenvalue weighted by Crippen LogP contribution is -2.50. The Bertz CT molecular complexity index is 293. The van der Waals surface area contributed by atoms with Crippen LogP contribution in [0.4, 0.5) is 0 Å². The summed E-state index contributed by atoms with van der Waals surface area (Å²) in [7, 11) is -3.21. The predicted molar refractivity (Wildman–Crippen MR) is 54.2 cm³/mol. The van der Waals surface area contributed by atoms with Crippen LogP contribution in [0.15, 0.2) is 4.99 Å². The number of hydrogen-bond acceptors (Lipinski definition) is 4. The molecule has 6 heteroatoms. The fraction of sp³-hybridized carbons (Fsp3) is 0.857. The van der Waals surface area contributed by atoms with E-state index < -0.39 is 14.6 Å². The van der Waals surface area contributed by atoms with Gasteiger partial charge in [-0.15, -0.1) is 0 Å². The van der Waals surface area contributed by atoms with Crippen molar-refractivity contribution in [3.8, 4) is 0 Å². The summed E-state index contributed by atoms with van der Waals surface area (Å²) >= 11 is 0. The standard InChI is InChI=1S/C7H17N3O2S/c1-5-9-6(10-8)7(2,3)13(4,11)12/h5,8H2,1-4H3,(H,9,10). The monoisotopic (exact) mass is 207 g/mol. The highest BCUT2D eigenvalue weighted by Crippen LogP contribution is 2.15. The zero-order chi connectivity index (χ0) is 10.7. The smallest absolute Gasteiger partial charge is 0.159 e. The molecule has 0 aromatic rings. The fourth-order valence-electron chi connectivity index (χ4n) is 0.744. The maximum absolute atomic E-state index is 11.4. The topological polar surface area (TPSA) is 84.5 Å². The van der Waals surface area contributed by atoms with E-state index in [2.05, 4.69) is 10.4 Å². The minimum absolute atomic E-state index is 0.289. The first kappa shape index (κ1) is 12.4. The molecule has 0 saturated heterocycles. The van der Waals surface area contributed by atoms with Gasteiger partial charge in [0.15, 0.2) is 9.84 Å². The van der Waals surface area contributed by atoms with Gasteiger partial charge in [-0.1, -0.05) is 0 Å². The molecule has 0 aliphatic rings. The summed E-state index contributed by atoms with van der Waals surface area (Å²) in [5, 5.41) is 0. The van der Waals surface area contributed by atoms with Gasteiger partial charge in [-0.2, -0.15) is 0 Å². The first-order valence-electron chi connectivity index (χ1n) is 3.98. The number of hydrogen-bond donors (Lipinski definition) is 2. The molecule has 0 amide bonds. The maximum Gasteiger partial charge on any atom is 0.159 e. The van der Waals surface area contributed by atoms with Crippen LogP contribution in [0.3, 0.4) is 0 Å². The number of rotatable bonds is 3. The Morgan fingerprint density at radius 2 is 2.00 bits per heavy atom. The van der Waals surface area contributed by atoms with Crippen LogP contribution in [0.25, 0.3) is 0 Å². The minimum atomic E-state index is -3.21. The normalized spacial score (nSPS) is 14.4. The van der Waals surface area contributed by atoms with E-state index in [-0.39, 0.29) is 5.84 Å². The molecule has 0 bridgehead atoms. The fourth-order valence-corrected chi connectivity index (χ4v) is 1.22. The number of nitrogens with one attached hydrogen (secondary N) is 1. The number of hydrazine groups is 1. The van der Waals surface area contributed by atoms with E-state index in [1.165, 1.54) is 0 Å². The van der Waals surface area contributed by atoms with Gasteiger partial charge >= 0.3 is 0 Å². The largest absolute Gasteiger partial charge is 0.311 e. The van der Waals surface area contributed by atoms with Gasteiger partial charge in [0.05, 0.1) is 0 Å². The lowest BCUT2D eigenvalue weighted by molar-refractivity contribution is 0.580. The molecule has 0 saturated carbocycles. The zero-order valence-corrected chi connectivity index (χ0v) is 9.27. The Balaban J connectivity index is 5.13. The van der Waals surface area contributed by atoms with E-state index in [0.717, 1.165) is 6.26 Å². The molecule has 0 rings (SSSR count). The quantitative estimate of drug-likeness (QED) is 0.288. The van der Waals surface area contributed by atoms with Crippen molar-refractivity contribution in [2.24, 2.45) is 10.8 Å². The highest BCUT2D eigenvalue weighted by atomic mass is 32.2. The molecule has 0 atom stereocenters. The zero-order valence-electron chi connectivity index (χ0n) is 8.46. The van der Waals surface area contributed by atoms with E-state index >= 15 is 0 Å². The molecule has 5 nitrogen and oxygen atoms in total. The molecule has 78 valence electrons. The second-order valence-corrected chi connectivity index (χ2v) is 5.81. The molecule has 0 aliphatic heterocycles. The summed E-state index contributed by atoms with van der Waals surface area (Å²) in [6, 6.07) is 0. The number of nitrogens with two attached hydrogens (primary N) is 1. The SMILES string of the molecule is CCN=C(NN)C(C)(C)S(C)(=O)=O. The van der Waals surface area contributed by atoms with Crippen LogP contribution in [0.5, 0.6) is 0 Å². The van der Waals surface area contributed by atoms with Gasteiger partial charge in [-0.25, -0.2) is 14.3 Å². The lowest BCUT2D eigenvalue weighted by Gasteiger charge is -2.23. The Hall–Kier alpha value is -0.620. The predicted octanol–water partition coefficient (Wildman–Crippen LogP) is -0.309. The van der Waals surface area contributed by atoms with Crippen molar-refractivity contribution in [3.05, 3.63) is 0 Å². The molecule has 3 N–H and O–H groups in total. The molecule has 0 spiro atoms. The summed E-state index contributed by atoms with van der Waals surface area (Å²) < 4.78 is 21.6. The van der Waals surface area contributed by atoms with E-state index in [4.69, 9.17) is 5.84 Å². The second-order valence-electron chi connectivity index (χ2n) is 3.25. The first-order valence-corrected chi connectivity index (χ1v) is 5.87. The molecule has 0 aromatic heterocycles. The average Bonchev–Trinajstić information content (AvgIpc) is 1.97. The van der Waals surface area contributed by atoms with Crippen LogP contribution in [-0.4, -0.2) is 31.8 Å². The van der Waals surface area contributed by atoms with Gasteiger partial charge in [0, 0.05) is 12.8 Å². The van der Waals surface area contributed by atoms with Crippen LogP contribution in [-0.2, 0) is 9.84 Å². The van der Waals surface area contributed by atoms with Gasteiger partial charge in [0.25, 0.3) is 0 Å². The van der Waals surface area contributed by atoms with Gasteiger partial charge in [-0.05, 0) is 20.8 Å². The Morgan fingerprint density at radius 1 is 1.54 bits per heavy atom. The Labute approximate surface area is 79.3 Å². The molecule has 13 heavy (non-hydrogen) atoms. The molecule has 0 aromatic carbocycles. The first-order chi connectivity index (χ1) is 5.77. The van der Waals surface area contributed by atoms with Gasteiger partial charge in [0.2, 0.25) is 0 Å². The van der Waals surface area contributed by atoms with Gasteiger partial charge in [0.1, 0.15) is 10.6 Å². The van der Waals surface area contributed by atoms with Crippen LogP contribution in [0.2, 0.25) is 0 Å². The van der Waals surface area contributed by atoms with Crippen molar-refractivity contribution in [2.75, 3.05) is 12.8 Å². The lowest BCUT2D eigenvalue weighted by atomic mass is 10.2. The summed E-state index contributed by atoms with van der Waals surface area (Å²) in [5.74, 6) is 5.49.